The zero-order valence-electron chi connectivity index (χ0n) is 10.5. The van der Waals surface area contributed by atoms with Gasteiger partial charge in [-0.2, -0.15) is 0 Å². The van der Waals surface area contributed by atoms with Gasteiger partial charge >= 0.3 is 0 Å². The van der Waals surface area contributed by atoms with E-state index in [2.05, 4.69) is 5.32 Å². The van der Waals surface area contributed by atoms with Crippen molar-refractivity contribution in [2.24, 2.45) is 11.7 Å². The smallest absolute Gasteiger partial charge is 0.237 e. The zero-order chi connectivity index (χ0) is 12.1. The highest BCUT2D eigenvalue weighted by Gasteiger charge is 2.25. The third kappa shape index (κ3) is 3.76. The van der Waals surface area contributed by atoms with Crippen molar-refractivity contribution >= 4 is 5.91 Å². The Balaban J connectivity index is 2.38. The van der Waals surface area contributed by atoms with Crippen LogP contribution in [-0.2, 0) is 9.53 Å². The topological polar surface area (TPSA) is 64.4 Å². The Kier molecular flexibility index (Phi) is 5.22. The summed E-state index contributed by atoms with van der Waals surface area (Å²) in [5, 5.41) is 3.02. The molecule has 1 aliphatic heterocycles. The minimum absolute atomic E-state index is 0.0200. The van der Waals surface area contributed by atoms with Crippen LogP contribution in [0.2, 0.25) is 0 Å². The average molecular weight is 228 g/mol. The molecule has 0 radical (unpaired) electrons. The van der Waals surface area contributed by atoms with Crippen LogP contribution in [0.1, 0.15) is 40.0 Å². The SMILES string of the molecule is CCC(C)[C@H](N)C(=O)NC1CCOC(C)C1. The van der Waals surface area contributed by atoms with Crippen molar-refractivity contribution < 1.29 is 9.53 Å². The summed E-state index contributed by atoms with van der Waals surface area (Å²) in [6.07, 6.45) is 2.94. The van der Waals surface area contributed by atoms with Crippen molar-refractivity contribution in [2.45, 2.75) is 58.2 Å². The first kappa shape index (κ1) is 13.5. The van der Waals surface area contributed by atoms with Gasteiger partial charge in [-0.3, -0.25) is 4.79 Å². The van der Waals surface area contributed by atoms with Gasteiger partial charge in [0.25, 0.3) is 0 Å². The van der Waals surface area contributed by atoms with Crippen molar-refractivity contribution in [3.63, 3.8) is 0 Å². The van der Waals surface area contributed by atoms with Gasteiger partial charge in [0.1, 0.15) is 0 Å². The molecule has 3 N–H and O–H groups in total. The maximum absolute atomic E-state index is 11.8. The number of ether oxygens (including phenoxy) is 1. The van der Waals surface area contributed by atoms with E-state index in [1.165, 1.54) is 0 Å². The van der Waals surface area contributed by atoms with E-state index in [-0.39, 0.29) is 30.0 Å². The highest BCUT2D eigenvalue weighted by atomic mass is 16.5. The number of nitrogens with two attached hydrogens (primary N) is 1. The lowest BCUT2D eigenvalue weighted by molar-refractivity contribution is -0.125. The molecule has 0 saturated carbocycles. The molecule has 0 aromatic rings. The van der Waals surface area contributed by atoms with E-state index in [1.54, 1.807) is 0 Å². The molecule has 0 bridgehead atoms. The number of carbonyl (C=O) groups excluding carboxylic acids is 1. The maximum Gasteiger partial charge on any atom is 0.237 e. The normalized spacial score (nSPS) is 29.5. The average Bonchev–Trinajstić information content (AvgIpc) is 2.27. The van der Waals surface area contributed by atoms with E-state index in [4.69, 9.17) is 10.5 Å². The predicted molar refractivity (Wildman–Crippen MR) is 64.0 cm³/mol. The van der Waals surface area contributed by atoms with Gasteiger partial charge in [0.2, 0.25) is 5.91 Å². The number of amides is 1. The lowest BCUT2D eigenvalue weighted by Crippen LogP contribution is -2.50. The fourth-order valence-electron chi connectivity index (χ4n) is 1.94. The van der Waals surface area contributed by atoms with E-state index in [1.807, 2.05) is 20.8 Å². The number of hydrogen-bond acceptors (Lipinski definition) is 3. The predicted octanol–water partition coefficient (Wildman–Crippen LogP) is 1.04. The molecule has 0 aliphatic carbocycles. The molecule has 1 heterocycles. The fraction of sp³-hybridized carbons (Fsp3) is 0.917. The third-order valence-electron chi connectivity index (χ3n) is 3.39. The molecule has 3 unspecified atom stereocenters. The van der Waals surface area contributed by atoms with Crippen LogP contribution in [0.5, 0.6) is 0 Å². The van der Waals surface area contributed by atoms with E-state index >= 15 is 0 Å². The summed E-state index contributed by atoms with van der Waals surface area (Å²) in [7, 11) is 0. The minimum atomic E-state index is -0.386. The molecule has 1 amide bonds. The monoisotopic (exact) mass is 228 g/mol. The molecule has 94 valence electrons. The van der Waals surface area contributed by atoms with Crippen molar-refractivity contribution in [3.8, 4) is 0 Å². The van der Waals surface area contributed by atoms with Gasteiger partial charge in [0.05, 0.1) is 12.1 Å². The molecule has 1 aliphatic rings. The summed E-state index contributed by atoms with van der Waals surface area (Å²) in [6, 6.07) is -0.158. The van der Waals surface area contributed by atoms with Crippen LogP contribution in [0.3, 0.4) is 0 Å². The quantitative estimate of drug-likeness (QED) is 0.755. The van der Waals surface area contributed by atoms with Gasteiger partial charge in [-0.15, -0.1) is 0 Å². The highest BCUT2D eigenvalue weighted by Crippen LogP contribution is 2.14. The summed E-state index contributed by atoms with van der Waals surface area (Å²) in [4.78, 5) is 11.8. The van der Waals surface area contributed by atoms with Crippen molar-refractivity contribution in [1.29, 1.82) is 0 Å². The second-order valence-corrected chi connectivity index (χ2v) is 4.82. The van der Waals surface area contributed by atoms with Gasteiger partial charge < -0.3 is 15.8 Å². The van der Waals surface area contributed by atoms with Gasteiger partial charge in [0, 0.05) is 12.6 Å². The summed E-state index contributed by atoms with van der Waals surface area (Å²) in [5.74, 6) is 0.214. The van der Waals surface area contributed by atoms with Crippen LogP contribution in [0, 0.1) is 5.92 Å². The van der Waals surface area contributed by atoms with E-state index in [0.717, 1.165) is 25.9 Å². The van der Waals surface area contributed by atoms with Gasteiger partial charge in [0.15, 0.2) is 0 Å². The first-order chi connectivity index (χ1) is 7.54. The van der Waals surface area contributed by atoms with Crippen molar-refractivity contribution in [1.82, 2.24) is 5.32 Å². The summed E-state index contributed by atoms with van der Waals surface area (Å²) >= 11 is 0. The van der Waals surface area contributed by atoms with E-state index < -0.39 is 0 Å². The fourth-order valence-corrected chi connectivity index (χ4v) is 1.94. The molecule has 0 spiro atoms. The van der Waals surface area contributed by atoms with Crippen LogP contribution in [-0.4, -0.2) is 30.7 Å². The number of hydrogen-bond donors (Lipinski definition) is 2. The van der Waals surface area contributed by atoms with Crippen LogP contribution >= 0.6 is 0 Å². The molecule has 4 nitrogen and oxygen atoms in total. The third-order valence-corrected chi connectivity index (χ3v) is 3.39. The number of rotatable bonds is 4. The lowest BCUT2D eigenvalue weighted by Gasteiger charge is -2.29. The van der Waals surface area contributed by atoms with Crippen molar-refractivity contribution in [3.05, 3.63) is 0 Å². The van der Waals surface area contributed by atoms with Crippen LogP contribution in [0.15, 0.2) is 0 Å². The molecule has 1 fully saturated rings. The Morgan fingerprint density at radius 1 is 1.62 bits per heavy atom. The summed E-state index contributed by atoms with van der Waals surface area (Å²) < 4.78 is 5.44. The molecule has 4 heteroatoms. The van der Waals surface area contributed by atoms with E-state index in [0.29, 0.717) is 0 Å². The zero-order valence-corrected chi connectivity index (χ0v) is 10.5. The van der Waals surface area contributed by atoms with Gasteiger partial charge in [-0.25, -0.2) is 0 Å². The Labute approximate surface area is 97.9 Å². The molecule has 4 atom stereocenters. The maximum atomic E-state index is 11.8. The van der Waals surface area contributed by atoms with Crippen LogP contribution in [0.25, 0.3) is 0 Å². The number of carbonyl (C=O) groups is 1. The molecule has 0 aromatic heterocycles. The minimum Gasteiger partial charge on any atom is -0.378 e. The van der Waals surface area contributed by atoms with Crippen LogP contribution < -0.4 is 11.1 Å². The van der Waals surface area contributed by atoms with Gasteiger partial charge in [-0.1, -0.05) is 20.3 Å². The van der Waals surface area contributed by atoms with E-state index in [9.17, 15) is 4.79 Å². The molecule has 16 heavy (non-hydrogen) atoms. The first-order valence-corrected chi connectivity index (χ1v) is 6.22. The Morgan fingerprint density at radius 2 is 2.31 bits per heavy atom. The number of nitrogens with one attached hydrogen (secondary N) is 1. The Hall–Kier alpha value is -0.610. The molecular weight excluding hydrogens is 204 g/mol. The standard InChI is InChI=1S/C12H24N2O2/c1-4-8(2)11(13)12(15)14-10-5-6-16-9(3)7-10/h8-11H,4-7,13H2,1-3H3,(H,14,15)/t8?,9?,10?,11-/m0/s1. The van der Waals surface area contributed by atoms with Gasteiger partial charge in [-0.05, 0) is 25.7 Å². The second kappa shape index (κ2) is 6.21. The summed E-state index contributed by atoms with van der Waals surface area (Å²) in [5.41, 5.74) is 5.88. The molecular formula is C12H24N2O2. The first-order valence-electron chi connectivity index (χ1n) is 6.22. The lowest BCUT2D eigenvalue weighted by atomic mass is 9.98. The van der Waals surface area contributed by atoms with Crippen molar-refractivity contribution in [2.75, 3.05) is 6.61 Å². The highest BCUT2D eigenvalue weighted by molar-refractivity contribution is 5.82. The van der Waals surface area contributed by atoms with Crippen LogP contribution in [0.4, 0.5) is 0 Å². The Bertz CT molecular complexity index is 233. The molecule has 1 rings (SSSR count). The molecule has 0 aromatic carbocycles. The largest absolute Gasteiger partial charge is 0.378 e. The Morgan fingerprint density at radius 3 is 2.88 bits per heavy atom. The molecule has 1 saturated heterocycles. The second-order valence-electron chi connectivity index (χ2n) is 4.82. The summed E-state index contributed by atoms with van der Waals surface area (Å²) in [6.45, 7) is 6.82.